The Bertz CT molecular complexity index is 695. The van der Waals surface area contributed by atoms with E-state index in [9.17, 15) is 10.1 Å². The molecule has 98 valence electrons. The van der Waals surface area contributed by atoms with Crippen LogP contribution in [0.2, 0.25) is 0 Å². The standard InChI is InChI=1S/C15H17N3O/c1-11(17(2)3)9-18-10-12(8-16)13-6-4-5-7-14(13)15(18)19/h4-7,10-11H,9H2,1-3H3. The van der Waals surface area contributed by atoms with E-state index in [1.165, 1.54) is 0 Å². The largest absolute Gasteiger partial charge is 0.312 e. The van der Waals surface area contributed by atoms with Gasteiger partial charge >= 0.3 is 0 Å². The molecule has 0 N–H and O–H groups in total. The number of benzene rings is 1. The van der Waals surface area contributed by atoms with Crippen molar-refractivity contribution in [1.82, 2.24) is 9.47 Å². The number of pyridine rings is 1. The zero-order chi connectivity index (χ0) is 14.0. The minimum absolute atomic E-state index is 0.0386. The van der Waals surface area contributed by atoms with Crippen molar-refractivity contribution >= 4 is 10.8 Å². The number of aromatic nitrogens is 1. The number of likely N-dealkylation sites (N-methyl/N-ethyl adjacent to an activating group) is 1. The van der Waals surface area contributed by atoms with Crippen LogP contribution in [0.3, 0.4) is 0 Å². The Morgan fingerprint density at radius 3 is 2.53 bits per heavy atom. The summed E-state index contributed by atoms with van der Waals surface area (Å²) in [5.41, 5.74) is 0.504. The SMILES string of the molecule is CC(Cn1cc(C#N)c2ccccc2c1=O)N(C)C. The van der Waals surface area contributed by atoms with Gasteiger partial charge in [-0.25, -0.2) is 0 Å². The lowest BCUT2D eigenvalue weighted by Crippen LogP contribution is -2.33. The summed E-state index contributed by atoms with van der Waals surface area (Å²) < 4.78 is 1.63. The first-order valence-electron chi connectivity index (χ1n) is 6.23. The molecule has 0 radical (unpaired) electrons. The monoisotopic (exact) mass is 255 g/mol. The van der Waals surface area contributed by atoms with Crippen molar-refractivity contribution in [3.8, 4) is 6.07 Å². The second-order valence-corrected chi connectivity index (χ2v) is 4.97. The molecule has 0 bridgehead atoms. The molecule has 0 amide bonds. The topological polar surface area (TPSA) is 49.0 Å². The molecular formula is C15H17N3O. The molecule has 2 rings (SSSR count). The van der Waals surface area contributed by atoms with Crippen LogP contribution in [-0.2, 0) is 6.54 Å². The molecule has 0 saturated heterocycles. The summed E-state index contributed by atoms with van der Waals surface area (Å²) in [5, 5.41) is 10.5. The molecule has 0 aliphatic carbocycles. The maximum atomic E-state index is 12.4. The quantitative estimate of drug-likeness (QED) is 0.840. The lowest BCUT2D eigenvalue weighted by molar-refractivity contribution is 0.282. The van der Waals surface area contributed by atoms with Crippen LogP contribution in [0.25, 0.3) is 10.8 Å². The maximum absolute atomic E-state index is 12.4. The Morgan fingerprint density at radius 2 is 1.95 bits per heavy atom. The fourth-order valence-electron chi connectivity index (χ4n) is 2.02. The minimum Gasteiger partial charge on any atom is -0.312 e. The fourth-order valence-corrected chi connectivity index (χ4v) is 2.02. The number of nitriles is 1. The number of hydrogen-bond acceptors (Lipinski definition) is 3. The molecule has 2 aromatic rings. The Balaban J connectivity index is 2.61. The van der Waals surface area contributed by atoms with Crippen molar-refractivity contribution in [1.29, 1.82) is 5.26 Å². The predicted octanol–water partition coefficient (Wildman–Crippen LogP) is 1.82. The van der Waals surface area contributed by atoms with Gasteiger partial charge < -0.3 is 9.47 Å². The van der Waals surface area contributed by atoms with Crippen LogP contribution in [0.1, 0.15) is 12.5 Å². The van der Waals surface area contributed by atoms with E-state index in [2.05, 4.69) is 6.07 Å². The highest BCUT2D eigenvalue weighted by Gasteiger charge is 2.11. The Hall–Kier alpha value is -2.12. The molecule has 0 aliphatic rings. The van der Waals surface area contributed by atoms with Gasteiger partial charge in [-0.05, 0) is 27.1 Å². The molecule has 1 aromatic heterocycles. The van der Waals surface area contributed by atoms with Gasteiger partial charge in [0.2, 0.25) is 0 Å². The fraction of sp³-hybridized carbons (Fsp3) is 0.333. The maximum Gasteiger partial charge on any atom is 0.258 e. The van der Waals surface area contributed by atoms with E-state index < -0.39 is 0 Å². The molecule has 4 heteroatoms. The highest BCUT2D eigenvalue weighted by Crippen LogP contribution is 2.14. The second-order valence-electron chi connectivity index (χ2n) is 4.97. The van der Waals surface area contributed by atoms with Crippen LogP contribution in [0.5, 0.6) is 0 Å². The molecule has 1 unspecified atom stereocenters. The van der Waals surface area contributed by atoms with Crippen LogP contribution >= 0.6 is 0 Å². The third-order valence-electron chi connectivity index (χ3n) is 3.46. The summed E-state index contributed by atoms with van der Waals surface area (Å²) >= 11 is 0. The summed E-state index contributed by atoms with van der Waals surface area (Å²) in [4.78, 5) is 14.4. The van der Waals surface area contributed by atoms with Gasteiger partial charge in [0.15, 0.2) is 0 Å². The lowest BCUT2D eigenvalue weighted by atomic mass is 10.1. The van der Waals surface area contributed by atoms with Crippen molar-refractivity contribution in [2.24, 2.45) is 0 Å². The zero-order valence-electron chi connectivity index (χ0n) is 11.4. The van der Waals surface area contributed by atoms with E-state index >= 15 is 0 Å². The number of nitrogens with zero attached hydrogens (tertiary/aromatic N) is 3. The Morgan fingerprint density at radius 1 is 1.32 bits per heavy atom. The van der Waals surface area contributed by atoms with Gasteiger partial charge in [-0.2, -0.15) is 5.26 Å². The molecule has 4 nitrogen and oxygen atoms in total. The zero-order valence-corrected chi connectivity index (χ0v) is 11.4. The Labute approximate surface area is 112 Å². The highest BCUT2D eigenvalue weighted by molar-refractivity contribution is 5.86. The molecule has 1 atom stereocenters. The molecule has 0 aliphatic heterocycles. The summed E-state index contributed by atoms with van der Waals surface area (Å²) in [6, 6.07) is 9.65. The van der Waals surface area contributed by atoms with Crippen LogP contribution in [0.15, 0.2) is 35.3 Å². The second kappa shape index (κ2) is 5.25. The summed E-state index contributed by atoms with van der Waals surface area (Å²) in [5.74, 6) is 0. The smallest absolute Gasteiger partial charge is 0.258 e. The third kappa shape index (κ3) is 2.51. The predicted molar refractivity (Wildman–Crippen MR) is 76.1 cm³/mol. The van der Waals surface area contributed by atoms with Crippen molar-refractivity contribution in [2.45, 2.75) is 19.5 Å². The minimum atomic E-state index is -0.0386. The lowest BCUT2D eigenvalue weighted by Gasteiger charge is -2.21. The molecule has 0 fully saturated rings. The van der Waals surface area contributed by atoms with Gasteiger partial charge in [-0.15, -0.1) is 0 Å². The van der Waals surface area contributed by atoms with Gasteiger partial charge in [0.25, 0.3) is 5.56 Å². The molecule has 0 saturated carbocycles. The van der Waals surface area contributed by atoms with E-state index in [-0.39, 0.29) is 11.6 Å². The molecule has 1 heterocycles. The number of rotatable bonds is 3. The van der Waals surface area contributed by atoms with Gasteiger partial charge in [0.1, 0.15) is 6.07 Å². The van der Waals surface area contributed by atoms with Crippen molar-refractivity contribution < 1.29 is 0 Å². The summed E-state index contributed by atoms with van der Waals surface area (Å²) in [7, 11) is 3.95. The van der Waals surface area contributed by atoms with Crippen LogP contribution in [0.4, 0.5) is 0 Å². The molecule has 1 aromatic carbocycles. The van der Waals surface area contributed by atoms with Crippen LogP contribution in [0, 0.1) is 11.3 Å². The van der Waals surface area contributed by atoms with Gasteiger partial charge in [-0.1, -0.05) is 18.2 Å². The number of fused-ring (bicyclic) bond motifs is 1. The van der Waals surface area contributed by atoms with Crippen molar-refractivity contribution in [3.05, 3.63) is 46.4 Å². The first-order chi connectivity index (χ1) is 9.04. The molecular weight excluding hydrogens is 238 g/mol. The van der Waals surface area contributed by atoms with Crippen molar-refractivity contribution in [2.75, 3.05) is 14.1 Å². The van der Waals surface area contributed by atoms with E-state index in [0.29, 0.717) is 17.5 Å². The van der Waals surface area contributed by atoms with Gasteiger partial charge in [-0.3, -0.25) is 4.79 Å². The van der Waals surface area contributed by atoms with Crippen LogP contribution in [-0.4, -0.2) is 29.6 Å². The van der Waals surface area contributed by atoms with E-state index in [0.717, 1.165) is 5.39 Å². The highest BCUT2D eigenvalue weighted by atomic mass is 16.1. The van der Waals surface area contributed by atoms with Gasteiger partial charge in [0.05, 0.1) is 5.56 Å². The third-order valence-corrected chi connectivity index (χ3v) is 3.46. The first kappa shape index (κ1) is 13.3. The van der Waals surface area contributed by atoms with E-state index in [1.54, 1.807) is 16.8 Å². The first-order valence-corrected chi connectivity index (χ1v) is 6.23. The van der Waals surface area contributed by atoms with E-state index in [1.807, 2.05) is 44.1 Å². The molecule has 19 heavy (non-hydrogen) atoms. The molecule has 0 spiro atoms. The van der Waals surface area contributed by atoms with Crippen LogP contribution < -0.4 is 5.56 Å². The van der Waals surface area contributed by atoms with E-state index in [4.69, 9.17) is 0 Å². The average Bonchev–Trinajstić information content (AvgIpc) is 2.41. The number of hydrogen-bond donors (Lipinski definition) is 0. The van der Waals surface area contributed by atoms with Crippen molar-refractivity contribution in [3.63, 3.8) is 0 Å². The average molecular weight is 255 g/mol. The summed E-state index contributed by atoms with van der Waals surface area (Å²) in [6.45, 7) is 2.62. The Kier molecular flexibility index (Phi) is 3.68. The summed E-state index contributed by atoms with van der Waals surface area (Å²) in [6.07, 6.45) is 1.66. The normalized spacial score (nSPS) is 12.6. The van der Waals surface area contributed by atoms with Gasteiger partial charge in [0, 0.05) is 29.6 Å².